The maximum Gasteiger partial charge on any atom is 0.494 e. The van der Waals surface area contributed by atoms with Gasteiger partial charge in [-0.25, -0.2) is 13.1 Å². The molecule has 1 aromatic rings. The van der Waals surface area contributed by atoms with Crippen molar-refractivity contribution in [3.8, 4) is 5.75 Å². The Morgan fingerprint density at radius 2 is 1.68 bits per heavy atom. The number of benzene rings is 1. The molecule has 0 unspecified atom stereocenters. The number of nitrogens with one attached hydrogen (secondary N) is 1. The third-order valence-corrected chi connectivity index (χ3v) is 7.56. The van der Waals surface area contributed by atoms with Gasteiger partial charge in [0.25, 0.3) is 0 Å². The van der Waals surface area contributed by atoms with Gasteiger partial charge >= 0.3 is 7.12 Å². The summed E-state index contributed by atoms with van der Waals surface area (Å²) in [7, 11) is -3.01. The molecule has 1 aromatic carbocycles. The molecule has 0 aromatic heterocycles. The minimum absolute atomic E-state index is 0.0633. The Morgan fingerprint density at radius 3 is 2.21 bits per heavy atom. The van der Waals surface area contributed by atoms with Gasteiger partial charge in [0.1, 0.15) is 10.6 Å². The SMILES string of the molecule is COc1ccc(B2OC(C)(C)C(C)(C)O2)cc1S(=O)(=O)NC1CCC(O)CC1. The summed E-state index contributed by atoms with van der Waals surface area (Å²) in [6, 6.07) is 4.75. The van der Waals surface area contributed by atoms with Crippen molar-refractivity contribution < 1.29 is 27.6 Å². The van der Waals surface area contributed by atoms with Crippen LogP contribution in [0.2, 0.25) is 0 Å². The van der Waals surface area contributed by atoms with Crippen molar-refractivity contribution in [1.82, 2.24) is 4.72 Å². The molecule has 2 N–H and O–H groups in total. The van der Waals surface area contributed by atoms with Crippen LogP contribution < -0.4 is 14.9 Å². The fourth-order valence-corrected chi connectivity index (χ4v) is 5.01. The highest BCUT2D eigenvalue weighted by atomic mass is 32.2. The molecule has 2 aliphatic rings. The fourth-order valence-electron chi connectivity index (χ4n) is 3.51. The summed E-state index contributed by atoms with van der Waals surface area (Å²) < 4.78 is 46.2. The van der Waals surface area contributed by atoms with E-state index in [9.17, 15) is 13.5 Å². The maximum atomic E-state index is 13.0. The number of methoxy groups -OCH3 is 1. The number of sulfonamides is 1. The highest BCUT2D eigenvalue weighted by Crippen LogP contribution is 2.37. The standard InChI is InChI=1S/C19H30BNO6S/c1-18(2)19(3,4)27-20(26-18)13-6-11-16(25-5)17(12-13)28(23,24)21-14-7-9-15(22)10-8-14/h6,11-12,14-15,21-22H,7-10H2,1-5H3. The van der Waals surface area contributed by atoms with Crippen molar-refractivity contribution in [3.05, 3.63) is 18.2 Å². The Hall–Kier alpha value is -1.13. The summed E-state index contributed by atoms with van der Waals surface area (Å²) in [6.07, 6.45) is 2.07. The number of ether oxygens (including phenoxy) is 1. The highest BCUT2D eigenvalue weighted by Gasteiger charge is 2.52. The molecule has 7 nitrogen and oxygen atoms in total. The Kier molecular flexibility index (Phi) is 5.86. The van der Waals surface area contributed by atoms with Crippen LogP contribution in [-0.2, 0) is 19.3 Å². The number of hydrogen-bond acceptors (Lipinski definition) is 6. The second kappa shape index (κ2) is 7.61. The second-order valence-electron chi connectivity index (χ2n) is 8.63. The van der Waals surface area contributed by atoms with Gasteiger partial charge in [-0.3, -0.25) is 0 Å². The molecule has 9 heteroatoms. The molecule has 0 bridgehead atoms. The summed E-state index contributed by atoms with van der Waals surface area (Å²) >= 11 is 0. The zero-order valence-electron chi connectivity index (χ0n) is 17.2. The van der Waals surface area contributed by atoms with Gasteiger partial charge in [0, 0.05) is 6.04 Å². The fraction of sp³-hybridized carbons (Fsp3) is 0.684. The quantitative estimate of drug-likeness (QED) is 0.715. The number of aliphatic hydroxyl groups is 1. The molecule has 1 saturated carbocycles. The first-order valence-corrected chi connectivity index (χ1v) is 11.2. The molecule has 0 atom stereocenters. The lowest BCUT2D eigenvalue weighted by atomic mass is 9.79. The molecular formula is C19H30BNO6S. The largest absolute Gasteiger partial charge is 0.495 e. The van der Waals surface area contributed by atoms with Crippen molar-refractivity contribution in [2.24, 2.45) is 0 Å². The van der Waals surface area contributed by atoms with Gasteiger partial charge in [0.05, 0.1) is 24.4 Å². The van der Waals surface area contributed by atoms with Crippen LogP contribution in [0.3, 0.4) is 0 Å². The first kappa shape index (κ1) is 21.6. The zero-order chi connectivity index (χ0) is 20.7. The third kappa shape index (κ3) is 4.23. The van der Waals surface area contributed by atoms with E-state index in [0.717, 1.165) is 0 Å². The van der Waals surface area contributed by atoms with Crippen molar-refractivity contribution in [1.29, 1.82) is 0 Å². The molecular weight excluding hydrogens is 381 g/mol. The van der Waals surface area contributed by atoms with Gasteiger partial charge in [0.15, 0.2) is 0 Å². The molecule has 1 saturated heterocycles. The van der Waals surface area contributed by atoms with Crippen molar-refractivity contribution in [3.63, 3.8) is 0 Å². The molecule has 0 spiro atoms. The van der Waals surface area contributed by atoms with E-state index in [-0.39, 0.29) is 22.8 Å². The summed E-state index contributed by atoms with van der Waals surface area (Å²) in [5.41, 5.74) is -0.408. The van der Waals surface area contributed by atoms with E-state index in [0.29, 0.717) is 31.1 Å². The first-order valence-electron chi connectivity index (χ1n) is 9.69. The van der Waals surface area contributed by atoms with Crippen molar-refractivity contribution in [2.75, 3.05) is 7.11 Å². The van der Waals surface area contributed by atoms with E-state index < -0.39 is 28.3 Å². The van der Waals surface area contributed by atoms with Crippen LogP contribution in [0.1, 0.15) is 53.4 Å². The molecule has 2 fully saturated rings. The van der Waals surface area contributed by atoms with E-state index in [1.165, 1.54) is 7.11 Å². The minimum atomic E-state index is -3.80. The topological polar surface area (TPSA) is 94.1 Å². The second-order valence-corrected chi connectivity index (χ2v) is 10.3. The van der Waals surface area contributed by atoms with Crippen LogP contribution in [0.5, 0.6) is 5.75 Å². The third-order valence-electron chi connectivity index (χ3n) is 6.02. The average Bonchev–Trinajstić information content (AvgIpc) is 2.84. The van der Waals surface area contributed by atoms with Crippen LogP contribution in [0.4, 0.5) is 0 Å². The number of rotatable bonds is 5. The van der Waals surface area contributed by atoms with Crippen LogP contribution >= 0.6 is 0 Å². The predicted molar refractivity (Wildman–Crippen MR) is 107 cm³/mol. The lowest BCUT2D eigenvalue weighted by Gasteiger charge is -2.32. The van der Waals surface area contributed by atoms with Gasteiger partial charge in [-0.1, -0.05) is 6.07 Å². The molecule has 1 aliphatic heterocycles. The van der Waals surface area contributed by atoms with Crippen LogP contribution in [0.25, 0.3) is 0 Å². The van der Waals surface area contributed by atoms with Gasteiger partial charge in [-0.05, 0) is 71.0 Å². The molecule has 0 radical (unpaired) electrons. The zero-order valence-corrected chi connectivity index (χ0v) is 18.0. The van der Waals surface area contributed by atoms with E-state index in [1.807, 2.05) is 27.7 Å². The summed E-state index contributed by atoms with van der Waals surface area (Å²) in [4.78, 5) is 0.0633. The summed E-state index contributed by atoms with van der Waals surface area (Å²) in [6.45, 7) is 7.81. The molecule has 0 amide bonds. The van der Waals surface area contributed by atoms with Crippen LogP contribution in [-0.4, -0.2) is 51.1 Å². The number of aliphatic hydroxyl groups excluding tert-OH is 1. The first-order chi connectivity index (χ1) is 12.9. The van der Waals surface area contributed by atoms with Gasteiger partial charge in [-0.2, -0.15) is 0 Å². The van der Waals surface area contributed by atoms with Crippen LogP contribution in [0.15, 0.2) is 23.1 Å². The highest BCUT2D eigenvalue weighted by molar-refractivity contribution is 7.89. The Bertz CT molecular complexity index is 802. The Balaban J connectivity index is 1.87. The van der Waals surface area contributed by atoms with E-state index in [4.69, 9.17) is 14.0 Å². The number of hydrogen-bond donors (Lipinski definition) is 2. The summed E-state index contributed by atoms with van der Waals surface area (Å²) in [5.74, 6) is 0.267. The molecule has 1 aliphatic carbocycles. The predicted octanol–water partition coefficient (Wildman–Crippen LogP) is 1.58. The molecule has 3 rings (SSSR count). The minimum Gasteiger partial charge on any atom is -0.495 e. The maximum absolute atomic E-state index is 13.0. The van der Waals surface area contributed by atoms with Gasteiger partial charge < -0.3 is 19.2 Å². The van der Waals surface area contributed by atoms with Crippen molar-refractivity contribution in [2.45, 2.75) is 81.6 Å². The lowest BCUT2D eigenvalue weighted by Crippen LogP contribution is -2.41. The Labute approximate surface area is 168 Å². The lowest BCUT2D eigenvalue weighted by molar-refractivity contribution is 0.00578. The Morgan fingerprint density at radius 1 is 1.11 bits per heavy atom. The normalized spacial score (nSPS) is 27.0. The van der Waals surface area contributed by atoms with E-state index in [2.05, 4.69) is 4.72 Å². The van der Waals surface area contributed by atoms with Gasteiger partial charge in [0.2, 0.25) is 10.0 Å². The average molecular weight is 411 g/mol. The smallest absolute Gasteiger partial charge is 0.494 e. The monoisotopic (exact) mass is 411 g/mol. The molecule has 156 valence electrons. The van der Waals surface area contributed by atoms with Crippen molar-refractivity contribution >= 4 is 22.6 Å². The van der Waals surface area contributed by atoms with E-state index >= 15 is 0 Å². The van der Waals surface area contributed by atoms with Crippen LogP contribution in [0, 0.1) is 0 Å². The van der Waals surface area contributed by atoms with E-state index in [1.54, 1.807) is 18.2 Å². The molecule has 28 heavy (non-hydrogen) atoms. The van der Waals surface area contributed by atoms with Gasteiger partial charge in [-0.15, -0.1) is 0 Å². The molecule has 1 heterocycles. The summed E-state index contributed by atoms with van der Waals surface area (Å²) in [5, 5.41) is 9.64.